The second-order valence-electron chi connectivity index (χ2n) is 4.58. The number of fused-ring (bicyclic) bond motifs is 1. The molecule has 0 amide bonds. The van der Waals surface area contributed by atoms with E-state index in [4.69, 9.17) is 5.73 Å². The highest BCUT2D eigenvalue weighted by Gasteiger charge is 2.16. The van der Waals surface area contributed by atoms with Crippen LogP contribution in [0, 0.1) is 0 Å². The third kappa shape index (κ3) is 3.05. The minimum Gasteiger partial charge on any atom is -0.399 e. The summed E-state index contributed by atoms with van der Waals surface area (Å²) in [6.07, 6.45) is 1.93. The first-order chi connectivity index (χ1) is 9.55. The van der Waals surface area contributed by atoms with Crippen LogP contribution in [-0.4, -0.2) is 39.2 Å². The smallest absolute Gasteiger partial charge is 0.260 e. The van der Waals surface area contributed by atoms with Gasteiger partial charge < -0.3 is 16.2 Å². The van der Waals surface area contributed by atoms with Crippen molar-refractivity contribution in [2.24, 2.45) is 0 Å². The number of aliphatic hydroxyl groups excluding tert-OH is 1. The van der Waals surface area contributed by atoms with Crippen LogP contribution in [0.15, 0.2) is 23.0 Å². The van der Waals surface area contributed by atoms with Gasteiger partial charge in [-0.3, -0.25) is 9.78 Å². The first kappa shape index (κ1) is 14.7. The Morgan fingerprint density at radius 2 is 2.30 bits per heavy atom. The van der Waals surface area contributed by atoms with E-state index >= 15 is 0 Å². The molecule has 0 saturated heterocycles. The highest BCUT2D eigenvalue weighted by molar-refractivity contribution is 7.99. The van der Waals surface area contributed by atoms with E-state index in [2.05, 4.69) is 15.3 Å². The SMILES string of the molecule is CSC(CO)C(C)Nc1nc2ccc(N)cc2c(=O)[nH]1. The van der Waals surface area contributed by atoms with Crippen LogP contribution >= 0.6 is 11.8 Å². The summed E-state index contributed by atoms with van der Waals surface area (Å²) < 4.78 is 0. The van der Waals surface area contributed by atoms with Crippen molar-refractivity contribution in [1.82, 2.24) is 9.97 Å². The molecule has 5 N–H and O–H groups in total. The number of nitrogens with zero attached hydrogens (tertiary/aromatic N) is 1. The van der Waals surface area contributed by atoms with Crippen molar-refractivity contribution in [3.05, 3.63) is 28.6 Å². The van der Waals surface area contributed by atoms with E-state index in [1.165, 1.54) is 0 Å². The molecule has 0 aliphatic heterocycles. The van der Waals surface area contributed by atoms with Gasteiger partial charge in [0.25, 0.3) is 5.56 Å². The fraction of sp³-hybridized carbons (Fsp3) is 0.385. The number of aromatic nitrogens is 2. The fourth-order valence-corrected chi connectivity index (χ4v) is 2.60. The van der Waals surface area contributed by atoms with Crippen molar-refractivity contribution in [2.45, 2.75) is 18.2 Å². The Morgan fingerprint density at radius 3 is 2.95 bits per heavy atom. The van der Waals surface area contributed by atoms with E-state index in [-0.39, 0.29) is 23.5 Å². The largest absolute Gasteiger partial charge is 0.399 e. The van der Waals surface area contributed by atoms with E-state index in [0.717, 1.165) is 0 Å². The lowest BCUT2D eigenvalue weighted by molar-refractivity contribution is 0.288. The lowest BCUT2D eigenvalue weighted by Crippen LogP contribution is -2.32. The number of nitrogen functional groups attached to an aromatic ring is 1. The van der Waals surface area contributed by atoms with Crippen LogP contribution in [-0.2, 0) is 0 Å². The van der Waals surface area contributed by atoms with E-state index in [1.54, 1.807) is 30.0 Å². The Balaban J connectivity index is 2.32. The topological polar surface area (TPSA) is 104 Å². The number of benzene rings is 1. The molecule has 6 nitrogen and oxygen atoms in total. The molecule has 0 spiro atoms. The molecule has 0 saturated carbocycles. The number of H-pyrrole nitrogens is 1. The summed E-state index contributed by atoms with van der Waals surface area (Å²) in [5.74, 6) is 0.396. The van der Waals surface area contributed by atoms with Gasteiger partial charge in [-0.25, -0.2) is 4.98 Å². The first-order valence-corrected chi connectivity index (χ1v) is 7.53. The van der Waals surface area contributed by atoms with Gasteiger partial charge >= 0.3 is 0 Å². The molecule has 1 heterocycles. The van der Waals surface area contributed by atoms with Crippen molar-refractivity contribution < 1.29 is 5.11 Å². The van der Waals surface area contributed by atoms with Gasteiger partial charge in [-0.1, -0.05) is 0 Å². The van der Waals surface area contributed by atoms with E-state index in [1.807, 2.05) is 13.2 Å². The maximum atomic E-state index is 12.0. The molecule has 0 aliphatic rings. The highest BCUT2D eigenvalue weighted by Crippen LogP contribution is 2.16. The standard InChI is InChI=1S/C13H18N4O2S/c1-7(11(6-18)20-2)15-13-16-10-4-3-8(14)5-9(10)12(19)17-13/h3-5,7,11,18H,6,14H2,1-2H3,(H2,15,16,17,19). The molecule has 2 unspecified atom stereocenters. The molecule has 2 rings (SSSR count). The molecule has 20 heavy (non-hydrogen) atoms. The molecular formula is C13H18N4O2S. The van der Waals surface area contributed by atoms with Crippen molar-refractivity contribution in [3.8, 4) is 0 Å². The van der Waals surface area contributed by atoms with Gasteiger partial charge in [-0.05, 0) is 31.4 Å². The summed E-state index contributed by atoms with van der Waals surface area (Å²) >= 11 is 1.56. The van der Waals surface area contributed by atoms with E-state index in [9.17, 15) is 9.90 Å². The molecule has 0 radical (unpaired) electrons. The van der Waals surface area contributed by atoms with Crippen LogP contribution < -0.4 is 16.6 Å². The normalized spacial score (nSPS) is 14.2. The average Bonchev–Trinajstić information content (AvgIpc) is 2.41. The molecule has 108 valence electrons. The minimum absolute atomic E-state index is 0.0237. The van der Waals surface area contributed by atoms with Crippen LogP contribution in [0.2, 0.25) is 0 Å². The predicted octanol–water partition coefficient (Wildman–Crippen LogP) is 1.03. The first-order valence-electron chi connectivity index (χ1n) is 6.25. The third-order valence-electron chi connectivity index (χ3n) is 3.13. The fourth-order valence-electron chi connectivity index (χ4n) is 1.97. The number of aliphatic hydroxyl groups is 1. The minimum atomic E-state index is -0.235. The average molecular weight is 294 g/mol. The Hall–Kier alpha value is -1.73. The zero-order valence-electron chi connectivity index (χ0n) is 11.4. The summed E-state index contributed by atoms with van der Waals surface area (Å²) in [6, 6.07) is 5.01. The Bertz CT molecular complexity index is 654. The van der Waals surface area contributed by atoms with Gasteiger partial charge in [0, 0.05) is 17.0 Å². The molecule has 0 aliphatic carbocycles. The monoisotopic (exact) mass is 294 g/mol. The van der Waals surface area contributed by atoms with Gasteiger partial charge in [0.2, 0.25) is 5.95 Å². The molecule has 1 aromatic carbocycles. The number of nitrogens with two attached hydrogens (primary N) is 1. The maximum Gasteiger partial charge on any atom is 0.260 e. The molecular weight excluding hydrogens is 276 g/mol. The van der Waals surface area contributed by atoms with Crippen molar-refractivity contribution >= 4 is 34.3 Å². The number of hydrogen-bond acceptors (Lipinski definition) is 6. The van der Waals surface area contributed by atoms with Crippen molar-refractivity contribution in [1.29, 1.82) is 0 Å². The summed E-state index contributed by atoms with van der Waals surface area (Å²) in [4.78, 5) is 19.0. The summed E-state index contributed by atoms with van der Waals surface area (Å²) in [5.41, 5.74) is 6.54. The van der Waals surface area contributed by atoms with Gasteiger partial charge in [0.1, 0.15) is 0 Å². The summed E-state index contributed by atoms with van der Waals surface area (Å²) in [5, 5.41) is 12.9. The van der Waals surface area contributed by atoms with Crippen LogP contribution in [0.3, 0.4) is 0 Å². The number of thioether (sulfide) groups is 1. The zero-order chi connectivity index (χ0) is 14.7. The molecule has 0 fully saturated rings. The number of hydrogen-bond donors (Lipinski definition) is 4. The Morgan fingerprint density at radius 1 is 1.55 bits per heavy atom. The molecule has 2 aromatic rings. The molecule has 1 aromatic heterocycles. The Kier molecular flexibility index (Phi) is 4.51. The van der Waals surface area contributed by atoms with Crippen LogP contribution in [0.1, 0.15) is 6.92 Å². The second-order valence-corrected chi connectivity index (χ2v) is 5.66. The van der Waals surface area contributed by atoms with Crippen LogP contribution in [0.25, 0.3) is 10.9 Å². The van der Waals surface area contributed by atoms with Gasteiger partial charge in [0.05, 0.1) is 17.5 Å². The predicted molar refractivity (Wildman–Crippen MR) is 84.2 cm³/mol. The van der Waals surface area contributed by atoms with Crippen LogP contribution in [0.5, 0.6) is 0 Å². The van der Waals surface area contributed by atoms with Crippen LogP contribution in [0.4, 0.5) is 11.6 Å². The van der Waals surface area contributed by atoms with Gasteiger partial charge in [-0.15, -0.1) is 0 Å². The number of nitrogens with one attached hydrogen (secondary N) is 2. The summed E-state index contributed by atoms with van der Waals surface area (Å²) in [7, 11) is 0. The Labute approximate surface area is 120 Å². The van der Waals surface area contributed by atoms with Crippen molar-refractivity contribution in [3.63, 3.8) is 0 Å². The summed E-state index contributed by atoms with van der Waals surface area (Å²) in [6.45, 7) is 1.99. The van der Waals surface area contributed by atoms with E-state index in [0.29, 0.717) is 22.5 Å². The molecule has 0 bridgehead atoms. The third-order valence-corrected chi connectivity index (χ3v) is 4.30. The maximum absolute atomic E-state index is 12.0. The lowest BCUT2D eigenvalue weighted by Gasteiger charge is -2.21. The quantitative estimate of drug-likeness (QED) is 0.614. The lowest BCUT2D eigenvalue weighted by atomic mass is 10.2. The zero-order valence-corrected chi connectivity index (χ0v) is 12.2. The molecule has 7 heteroatoms. The number of rotatable bonds is 5. The number of aromatic amines is 1. The number of anilines is 2. The van der Waals surface area contributed by atoms with Crippen molar-refractivity contribution in [2.75, 3.05) is 23.9 Å². The molecule has 2 atom stereocenters. The van der Waals surface area contributed by atoms with E-state index < -0.39 is 0 Å². The van der Waals surface area contributed by atoms with Gasteiger partial charge in [0.15, 0.2) is 0 Å². The highest BCUT2D eigenvalue weighted by atomic mass is 32.2. The van der Waals surface area contributed by atoms with Gasteiger partial charge in [-0.2, -0.15) is 11.8 Å². The second kappa shape index (κ2) is 6.15.